The van der Waals surface area contributed by atoms with E-state index in [9.17, 15) is 8.78 Å². The topological polar surface area (TPSA) is 87.8 Å². The number of hydrogen-bond acceptors (Lipinski definition) is 5. The van der Waals surface area contributed by atoms with E-state index in [1.807, 2.05) is 12.1 Å². The fourth-order valence-corrected chi connectivity index (χ4v) is 5.24. The van der Waals surface area contributed by atoms with E-state index in [-0.39, 0.29) is 6.54 Å². The van der Waals surface area contributed by atoms with E-state index in [0.717, 1.165) is 67.0 Å². The lowest BCUT2D eigenvalue weighted by molar-refractivity contribution is 0.206. The van der Waals surface area contributed by atoms with Crippen molar-refractivity contribution in [3.63, 3.8) is 0 Å². The number of nitrogens with two attached hydrogens (primary N) is 1. The van der Waals surface area contributed by atoms with Crippen LogP contribution < -0.4 is 11.1 Å². The zero-order valence-electron chi connectivity index (χ0n) is 18.8. The van der Waals surface area contributed by atoms with Crippen LogP contribution in [0.4, 0.5) is 14.5 Å². The number of aromatic amines is 1. The Bertz CT molecular complexity index is 1310. The first-order valence-electron chi connectivity index (χ1n) is 11.7. The summed E-state index contributed by atoms with van der Waals surface area (Å²) in [7, 11) is 0. The van der Waals surface area contributed by atoms with Gasteiger partial charge in [0.2, 0.25) is 0 Å². The van der Waals surface area contributed by atoms with E-state index < -0.39 is 11.6 Å². The number of rotatable bonds is 5. The van der Waals surface area contributed by atoms with Gasteiger partial charge in [-0.1, -0.05) is 0 Å². The summed E-state index contributed by atoms with van der Waals surface area (Å²) in [6.07, 6.45) is 2.45. The molecule has 2 aliphatic rings. The lowest BCUT2D eigenvalue weighted by atomic mass is 9.98. The van der Waals surface area contributed by atoms with Crippen molar-refractivity contribution in [3.8, 4) is 11.5 Å². The summed E-state index contributed by atoms with van der Waals surface area (Å²) in [5.74, 6) is 0.228. The van der Waals surface area contributed by atoms with Crippen LogP contribution in [-0.2, 0) is 19.6 Å². The molecule has 4 heterocycles. The lowest BCUT2D eigenvalue weighted by Gasteiger charge is -2.27. The normalized spacial score (nSPS) is 17.0. The van der Waals surface area contributed by atoms with E-state index in [1.165, 1.54) is 25.0 Å². The molecule has 0 saturated carbocycles. The van der Waals surface area contributed by atoms with Crippen molar-refractivity contribution in [2.75, 3.05) is 25.4 Å². The van der Waals surface area contributed by atoms with Crippen molar-refractivity contribution < 1.29 is 8.78 Å². The van der Waals surface area contributed by atoms with Gasteiger partial charge in [0.25, 0.3) is 0 Å². The van der Waals surface area contributed by atoms with Gasteiger partial charge in [0, 0.05) is 36.8 Å². The predicted octanol–water partition coefficient (Wildman–Crippen LogP) is 3.65. The standard InChI is InChI=1S/C25H27F2N7/c26-17-7-16(8-18(27)9-17)12-34-23-2-1-19(28)10-20(23)24(32-34)25-30-21-13-33(14-22(21)31-25)11-15-3-5-29-6-4-15/h1-2,7-10,15,29H,3-6,11-14,28H2,(H,30,31). The second-order valence-corrected chi connectivity index (χ2v) is 9.43. The predicted molar refractivity (Wildman–Crippen MR) is 127 cm³/mol. The van der Waals surface area contributed by atoms with Crippen LogP contribution in [0.1, 0.15) is 29.8 Å². The molecule has 0 bridgehead atoms. The van der Waals surface area contributed by atoms with Crippen LogP contribution >= 0.6 is 0 Å². The molecule has 0 spiro atoms. The Morgan fingerprint density at radius 1 is 1.03 bits per heavy atom. The maximum atomic E-state index is 13.7. The minimum absolute atomic E-state index is 0.236. The van der Waals surface area contributed by atoms with Gasteiger partial charge >= 0.3 is 0 Å². The van der Waals surface area contributed by atoms with E-state index in [4.69, 9.17) is 15.8 Å². The molecule has 1 fully saturated rings. The summed E-state index contributed by atoms with van der Waals surface area (Å²) < 4.78 is 29.2. The van der Waals surface area contributed by atoms with Crippen LogP contribution in [0.5, 0.6) is 0 Å². The summed E-state index contributed by atoms with van der Waals surface area (Å²) in [5, 5.41) is 9.07. The number of nitrogen functional groups attached to an aromatic ring is 1. The highest BCUT2D eigenvalue weighted by Gasteiger charge is 2.27. The zero-order valence-corrected chi connectivity index (χ0v) is 18.8. The molecule has 9 heteroatoms. The SMILES string of the molecule is Nc1ccc2c(c1)c(-c1nc3c([nH]1)CN(CC1CCNCC1)C3)nn2Cc1cc(F)cc(F)c1. The minimum Gasteiger partial charge on any atom is -0.399 e. The molecule has 2 aromatic carbocycles. The van der Waals surface area contributed by atoms with Gasteiger partial charge in [0.05, 0.1) is 23.4 Å². The van der Waals surface area contributed by atoms with E-state index in [2.05, 4.69) is 15.2 Å². The summed E-state index contributed by atoms with van der Waals surface area (Å²) in [5.41, 5.74) is 10.9. The largest absolute Gasteiger partial charge is 0.399 e. The number of H-pyrrole nitrogens is 1. The highest BCUT2D eigenvalue weighted by Crippen LogP contribution is 2.32. The third-order valence-corrected chi connectivity index (χ3v) is 6.85. The molecule has 176 valence electrons. The highest BCUT2D eigenvalue weighted by atomic mass is 19.1. The minimum atomic E-state index is -0.604. The van der Waals surface area contributed by atoms with E-state index in [1.54, 1.807) is 10.7 Å². The fourth-order valence-electron chi connectivity index (χ4n) is 5.24. The molecule has 0 aliphatic carbocycles. The van der Waals surface area contributed by atoms with Crippen molar-refractivity contribution in [1.29, 1.82) is 0 Å². The Kier molecular flexibility index (Phi) is 5.30. The average Bonchev–Trinajstić information content (AvgIpc) is 3.45. The first-order valence-corrected chi connectivity index (χ1v) is 11.7. The second-order valence-electron chi connectivity index (χ2n) is 9.43. The molecule has 4 N–H and O–H groups in total. The third-order valence-electron chi connectivity index (χ3n) is 6.85. The first-order chi connectivity index (χ1) is 16.5. The number of imidazole rings is 1. The summed E-state index contributed by atoms with van der Waals surface area (Å²) in [6.45, 7) is 5.23. The Hall–Kier alpha value is -3.30. The number of nitrogens with zero attached hydrogens (tertiary/aromatic N) is 4. The van der Waals surface area contributed by atoms with Crippen LogP contribution in [0.25, 0.3) is 22.4 Å². The Balaban J connectivity index is 1.29. The molecule has 2 aromatic heterocycles. The molecule has 6 rings (SSSR count). The van der Waals surface area contributed by atoms with E-state index in [0.29, 0.717) is 22.8 Å². The molecule has 7 nitrogen and oxygen atoms in total. The number of fused-ring (bicyclic) bond motifs is 2. The van der Waals surface area contributed by atoms with Gasteiger partial charge in [0.1, 0.15) is 17.3 Å². The van der Waals surface area contributed by atoms with Gasteiger partial charge in [-0.3, -0.25) is 9.58 Å². The quantitative estimate of drug-likeness (QED) is 0.393. The number of nitrogens with one attached hydrogen (secondary N) is 2. The fraction of sp³-hybridized carbons (Fsp3) is 0.360. The first kappa shape index (κ1) is 21.2. The number of halogens is 2. The van der Waals surface area contributed by atoms with E-state index >= 15 is 0 Å². The van der Waals surface area contributed by atoms with Crippen molar-refractivity contribution in [2.24, 2.45) is 5.92 Å². The molecule has 0 radical (unpaired) electrons. The number of piperidine rings is 1. The molecular weight excluding hydrogens is 436 g/mol. The molecule has 34 heavy (non-hydrogen) atoms. The number of anilines is 1. The summed E-state index contributed by atoms with van der Waals surface area (Å²) in [6, 6.07) is 9.08. The molecule has 0 atom stereocenters. The molecular formula is C25H27F2N7. The maximum Gasteiger partial charge on any atom is 0.159 e. The van der Waals surface area contributed by atoms with Gasteiger partial charge < -0.3 is 16.0 Å². The van der Waals surface area contributed by atoms with Gasteiger partial charge in [0.15, 0.2) is 5.82 Å². The smallest absolute Gasteiger partial charge is 0.159 e. The third kappa shape index (κ3) is 4.05. The van der Waals surface area contributed by atoms with Crippen molar-refractivity contribution in [1.82, 2.24) is 30.0 Å². The van der Waals surface area contributed by atoms with Gasteiger partial charge in [-0.05, 0) is 67.7 Å². The molecule has 2 aliphatic heterocycles. The second kappa shape index (κ2) is 8.48. The Labute approximate surface area is 196 Å². The van der Waals surface area contributed by atoms with Gasteiger partial charge in [-0.25, -0.2) is 13.8 Å². The van der Waals surface area contributed by atoms with Crippen molar-refractivity contribution in [2.45, 2.75) is 32.5 Å². The molecule has 1 saturated heterocycles. The highest BCUT2D eigenvalue weighted by molar-refractivity contribution is 5.93. The molecule has 4 aromatic rings. The Morgan fingerprint density at radius 2 is 1.82 bits per heavy atom. The molecule has 0 amide bonds. The van der Waals surface area contributed by atoms with Gasteiger partial charge in [-0.2, -0.15) is 5.10 Å². The van der Waals surface area contributed by atoms with Crippen LogP contribution in [-0.4, -0.2) is 44.3 Å². The van der Waals surface area contributed by atoms with Crippen LogP contribution in [0.3, 0.4) is 0 Å². The number of benzene rings is 2. The summed E-state index contributed by atoms with van der Waals surface area (Å²) in [4.78, 5) is 10.8. The lowest BCUT2D eigenvalue weighted by Crippen LogP contribution is -2.34. The van der Waals surface area contributed by atoms with Crippen molar-refractivity contribution >= 4 is 16.6 Å². The van der Waals surface area contributed by atoms with Crippen molar-refractivity contribution in [3.05, 3.63) is 65.0 Å². The monoisotopic (exact) mass is 463 g/mol. The average molecular weight is 464 g/mol. The van der Waals surface area contributed by atoms with Crippen LogP contribution in [0, 0.1) is 17.6 Å². The zero-order chi connectivity index (χ0) is 23.2. The number of hydrogen-bond donors (Lipinski definition) is 3. The maximum absolute atomic E-state index is 13.7. The van der Waals surface area contributed by atoms with Crippen LogP contribution in [0.2, 0.25) is 0 Å². The Morgan fingerprint density at radius 3 is 2.59 bits per heavy atom. The molecule has 0 unspecified atom stereocenters. The summed E-state index contributed by atoms with van der Waals surface area (Å²) >= 11 is 0. The number of aromatic nitrogens is 4. The van der Waals surface area contributed by atoms with Gasteiger partial charge in [-0.15, -0.1) is 0 Å². The van der Waals surface area contributed by atoms with Crippen LogP contribution in [0.15, 0.2) is 36.4 Å².